The summed E-state index contributed by atoms with van der Waals surface area (Å²) < 4.78 is 9.78. The second kappa shape index (κ2) is 21.2. The van der Waals surface area contributed by atoms with Gasteiger partial charge in [0.15, 0.2) is 0 Å². The Morgan fingerprint density at radius 1 is 0.861 bits per heavy atom. The highest BCUT2D eigenvalue weighted by atomic mass is 16.5. The van der Waals surface area contributed by atoms with E-state index in [0.29, 0.717) is 5.78 Å². The van der Waals surface area contributed by atoms with Gasteiger partial charge in [-0.1, -0.05) is 64.1 Å². The van der Waals surface area contributed by atoms with Gasteiger partial charge in [-0.15, -0.1) is 0 Å². The van der Waals surface area contributed by atoms with Crippen molar-refractivity contribution in [2.75, 3.05) is 13.2 Å². The molecule has 7 heteroatoms. The lowest BCUT2D eigenvalue weighted by atomic mass is 10.0. The number of hydrogen-bond donors (Lipinski definition) is 1. The molecule has 1 aromatic rings. The lowest BCUT2D eigenvalue weighted by Crippen LogP contribution is -2.21. The van der Waals surface area contributed by atoms with Crippen molar-refractivity contribution >= 4 is 23.5 Å². The van der Waals surface area contributed by atoms with Crippen LogP contribution in [0.2, 0.25) is 0 Å². The minimum absolute atomic E-state index is 0.0255. The van der Waals surface area contributed by atoms with Crippen LogP contribution in [0.5, 0.6) is 0 Å². The first-order chi connectivity index (χ1) is 16.9. The number of carbonyl (C=O) groups is 4. The van der Waals surface area contributed by atoms with Crippen LogP contribution in [0, 0.1) is 0 Å². The topological polar surface area (TPSA) is 107 Å². The molecule has 0 spiro atoms. The number of ether oxygens (including phenoxy) is 2. The zero-order chi connectivity index (χ0) is 28.0. The van der Waals surface area contributed by atoms with Crippen LogP contribution in [0.15, 0.2) is 49.6 Å². The number of esters is 2. The predicted molar refractivity (Wildman–Crippen MR) is 143 cm³/mol. The van der Waals surface area contributed by atoms with Crippen LogP contribution in [0.25, 0.3) is 0 Å². The summed E-state index contributed by atoms with van der Waals surface area (Å²) in [6.45, 7) is 16.0. The summed E-state index contributed by atoms with van der Waals surface area (Å²) in [5, 5.41) is 8.97. The Bertz CT molecular complexity index is 766. The van der Waals surface area contributed by atoms with E-state index in [0.717, 1.165) is 38.5 Å². The summed E-state index contributed by atoms with van der Waals surface area (Å²) in [6, 6.07) is 6.31. The first kappa shape index (κ1) is 35.1. The summed E-state index contributed by atoms with van der Waals surface area (Å²) in [5.74, 6) is -0.691. The molecule has 0 fully saturated rings. The molecule has 36 heavy (non-hydrogen) atoms. The fourth-order valence-electron chi connectivity index (χ4n) is 2.75. The number of unbranched alkanes of at least 4 members (excludes halogenated alkanes) is 2. The Kier molecular flexibility index (Phi) is 20.7. The fraction of sp³-hybridized carbons (Fsp3) is 0.517. The second-order valence-corrected chi connectivity index (χ2v) is 8.76. The number of rotatable bonds is 14. The average molecular weight is 505 g/mol. The Balaban J connectivity index is 0. The van der Waals surface area contributed by atoms with Crippen LogP contribution < -0.4 is 0 Å². The van der Waals surface area contributed by atoms with Crippen LogP contribution >= 0.6 is 0 Å². The highest BCUT2D eigenvalue weighted by Gasteiger charge is 2.18. The van der Waals surface area contributed by atoms with Gasteiger partial charge in [-0.3, -0.25) is 9.59 Å². The third kappa shape index (κ3) is 20.3. The standard InChI is InChI=1S/C14H14O4.C9H18O.C6H12O2/c1-3-9-17-13(15)11-7-5-6-8-12(11)14(16)18-10-4-2;1-3-5-7-9(10)8-6-4-2;1-5(7)4-6(2,3)8/h3-8H,1-2,9-10H2;3-8H2,1-2H3;8H,4H2,1-3H3. The summed E-state index contributed by atoms with van der Waals surface area (Å²) >= 11 is 0. The molecule has 0 aliphatic carbocycles. The molecule has 0 heterocycles. The van der Waals surface area contributed by atoms with Gasteiger partial charge in [-0.25, -0.2) is 9.59 Å². The molecular weight excluding hydrogens is 460 g/mol. The quantitative estimate of drug-likeness (QED) is 0.243. The number of aliphatic hydroxyl groups is 1. The minimum Gasteiger partial charge on any atom is -0.458 e. The molecule has 0 amide bonds. The summed E-state index contributed by atoms with van der Waals surface area (Å²) in [7, 11) is 0. The maximum absolute atomic E-state index is 11.7. The molecule has 0 aromatic heterocycles. The monoisotopic (exact) mass is 504 g/mol. The van der Waals surface area contributed by atoms with Gasteiger partial charge >= 0.3 is 11.9 Å². The van der Waals surface area contributed by atoms with Crippen molar-refractivity contribution in [3.05, 3.63) is 60.7 Å². The molecular formula is C29H44O7. The van der Waals surface area contributed by atoms with Crippen molar-refractivity contribution in [2.24, 2.45) is 0 Å². The largest absolute Gasteiger partial charge is 0.458 e. The van der Waals surface area contributed by atoms with Crippen molar-refractivity contribution in [3.63, 3.8) is 0 Å². The molecule has 0 atom stereocenters. The van der Waals surface area contributed by atoms with Crippen LogP contribution in [0.3, 0.4) is 0 Å². The van der Waals surface area contributed by atoms with Gasteiger partial charge < -0.3 is 14.6 Å². The molecule has 1 rings (SSSR count). The van der Waals surface area contributed by atoms with Crippen LogP contribution in [-0.2, 0) is 19.1 Å². The SMILES string of the molecule is C=CCOC(=O)c1ccccc1C(=O)OCC=C.CC(=O)CC(C)(C)O.CCCCC(=O)CCCC. The molecule has 7 nitrogen and oxygen atoms in total. The number of hydrogen-bond acceptors (Lipinski definition) is 7. The van der Waals surface area contributed by atoms with Crippen molar-refractivity contribution in [1.82, 2.24) is 0 Å². The van der Waals surface area contributed by atoms with E-state index >= 15 is 0 Å². The number of carbonyl (C=O) groups excluding carboxylic acids is 4. The zero-order valence-electron chi connectivity index (χ0n) is 22.6. The predicted octanol–water partition coefficient (Wildman–Crippen LogP) is 6.04. The number of ketones is 2. The summed E-state index contributed by atoms with van der Waals surface area (Å²) in [5.41, 5.74) is -0.479. The smallest absolute Gasteiger partial charge is 0.339 e. The van der Waals surface area contributed by atoms with Gasteiger partial charge in [-0.05, 0) is 45.7 Å². The van der Waals surface area contributed by atoms with E-state index in [1.54, 1.807) is 26.0 Å². The lowest BCUT2D eigenvalue weighted by molar-refractivity contribution is -0.121. The molecule has 0 aliphatic heterocycles. The average Bonchev–Trinajstić information content (AvgIpc) is 2.82. The number of Topliss-reactive ketones (excluding diaryl/α,β-unsaturated/α-hetero) is 2. The van der Waals surface area contributed by atoms with Gasteiger partial charge in [0.1, 0.15) is 24.8 Å². The van der Waals surface area contributed by atoms with Gasteiger partial charge in [0.25, 0.3) is 0 Å². The minimum atomic E-state index is -0.828. The van der Waals surface area contributed by atoms with Crippen molar-refractivity contribution in [1.29, 1.82) is 0 Å². The third-order valence-electron chi connectivity index (χ3n) is 4.33. The summed E-state index contributed by atoms with van der Waals surface area (Å²) in [4.78, 5) is 44.7. The van der Waals surface area contributed by atoms with Gasteiger partial charge in [0, 0.05) is 19.3 Å². The Morgan fingerprint density at radius 2 is 1.25 bits per heavy atom. The van der Waals surface area contributed by atoms with E-state index in [1.165, 1.54) is 31.2 Å². The fourth-order valence-corrected chi connectivity index (χ4v) is 2.75. The Hall–Kier alpha value is -3.06. The normalized spacial score (nSPS) is 9.94. The molecule has 0 unspecified atom stereocenters. The highest BCUT2D eigenvalue weighted by Crippen LogP contribution is 2.12. The molecule has 0 saturated carbocycles. The van der Waals surface area contributed by atoms with Crippen molar-refractivity contribution < 1.29 is 33.8 Å². The van der Waals surface area contributed by atoms with E-state index in [-0.39, 0.29) is 36.5 Å². The second-order valence-electron chi connectivity index (χ2n) is 8.76. The van der Waals surface area contributed by atoms with E-state index in [4.69, 9.17) is 14.6 Å². The molecule has 0 saturated heterocycles. The Morgan fingerprint density at radius 3 is 1.50 bits per heavy atom. The van der Waals surface area contributed by atoms with Crippen molar-refractivity contribution in [3.8, 4) is 0 Å². The highest BCUT2D eigenvalue weighted by molar-refractivity contribution is 6.03. The summed E-state index contributed by atoms with van der Waals surface area (Å²) in [6.07, 6.45) is 9.17. The molecule has 1 aromatic carbocycles. The van der Waals surface area contributed by atoms with Crippen LogP contribution in [0.1, 0.15) is 100 Å². The maximum Gasteiger partial charge on any atom is 0.339 e. The lowest BCUT2D eigenvalue weighted by Gasteiger charge is -2.13. The van der Waals surface area contributed by atoms with Gasteiger partial charge in [0.2, 0.25) is 0 Å². The van der Waals surface area contributed by atoms with E-state index in [2.05, 4.69) is 27.0 Å². The first-order valence-corrected chi connectivity index (χ1v) is 12.3. The third-order valence-corrected chi connectivity index (χ3v) is 4.33. The molecule has 1 N–H and O–H groups in total. The Labute approximate surface area is 216 Å². The zero-order valence-corrected chi connectivity index (χ0v) is 22.6. The molecule has 0 aliphatic rings. The van der Waals surface area contributed by atoms with Crippen LogP contribution in [-0.4, -0.2) is 47.4 Å². The maximum atomic E-state index is 11.7. The van der Waals surface area contributed by atoms with Gasteiger partial charge in [-0.2, -0.15) is 0 Å². The van der Waals surface area contributed by atoms with E-state index in [9.17, 15) is 19.2 Å². The molecule has 0 bridgehead atoms. The van der Waals surface area contributed by atoms with Crippen molar-refractivity contribution in [2.45, 2.75) is 85.2 Å². The van der Waals surface area contributed by atoms with E-state index < -0.39 is 17.5 Å². The van der Waals surface area contributed by atoms with E-state index in [1.807, 2.05) is 0 Å². The molecule has 0 radical (unpaired) electrons. The van der Waals surface area contributed by atoms with Gasteiger partial charge in [0.05, 0.1) is 16.7 Å². The van der Waals surface area contributed by atoms with Crippen LogP contribution in [0.4, 0.5) is 0 Å². The molecule has 202 valence electrons. The first-order valence-electron chi connectivity index (χ1n) is 12.3. The number of benzene rings is 1.